The molecule has 0 saturated carbocycles. The summed E-state index contributed by atoms with van der Waals surface area (Å²) >= 11 is 0. The van der Waals surface area contributed by atoms with E-state index in [9.17, 15) is 13.2 Å². The minimum absolute atomic E-state index is 0.0354. The van der Waals surface area contributed by atoms with Crippen molar-refractivity contribution in [3.63, 3.8) is 0 Å². The van der Waals surface area contributed by atoms with Crippen molar-refractivity contribution in [3.8, 4) is 5.75 Å². The predicted molar refractivity (Wildman–Crippen MR) is 74.4 cm³/mol. The fourth-order valence-corrected chi connectivity index (χ4v) is 4.89. The highest BCUT2D eigenvalue weighted by Gasteiger charge is 2.49. The minimum Gasteiger partial charge on any atom is -0.484 e. The van der Waals surface area contributed by atoms with E-state index in [0.717, 1.165) is 5.56 Å². The molecule has 2 saturated heterocycles. The number of nitrogens with zero attached hydrogens (tertiary/aromatic N) is 1. The fourth-order valence-electron chi connectivity index (χ4n) is 2.86. The molecule has 0 spiro atoms. The third kappa shape index (κ3) is 2.40. The number of hydrogen-bond acceptors (Lipinski definition) is 4. The van der Waals surface area contributed by atoms with Gasteiger partial charge in [0.15, 0.2) is 16.4 Å². The first-order valence-corrected chi connectivity index (χ1v) is 8.38. The molecule has 0 aliphatic carbocycles. The molecule has 2 atom stereocenters. The van der Waals surface area contributed by atoms with Crippen LogP contribution >= 0.6 is 0 Å². The molecule has 20 heavy (non-hydrogen) atoms. The molecular formula is C14H17NO4S. The van der Waals surface area contributed by atoms with E-state index >= 15 is 0 Å². The van der Waals surface area contributed by atoms with E-state index in [1.165, 1.54) is 0 Å². The van der Waals surface area contributed by atoms with E-state index in [4.69, 9.17) is 4.74 Å². The lowest BCUT2D eigenvalue weighted by Crippen LogP contribution is -2.45. The van der Waals surface area contributed by atoms with Gasteiger partial charge in [-0.1, -0.05) is 17.7 Å². The zero-order chi connectivity index (χ0) is 14.3. The second kappa shape index (κ2) is 4.77. The van der Waals surface area contributed by atoms with E-state index in [2.05, 4.69) is 0 Å². The number of likely N-dealkylation sites (tertiary alicyclic amines) is 1. The molecule has 6 heteroatoms. The number of carbonyl (C=O) groups excluding carboxylic acids is 1. The molecule has 2 aliphatic rings. The Hall–Kier alpha value is -1.56. The van der Waals surface area contributed by atoms with E-state index in [1.807, 2.05) is 31.2 Å². The minimum atomic E-state index is -2.96. The maximum absolute atomic E-state index is 12.1. The van der Waals surface area contributed by atoms with Crippen LogP contribution in [0.2, 0.25) is 0 Å². The molecule has 5 nitrogen and oxygen atoms in total. The first-order valence-electron chi connectivity index (χ1n) is 6.66. The monoisotopic (exact) mass is 295 g/mol. The molecule has 2 heterocycles. The van der Waals surface area contributed by atoms with Gasteiger partial charge < -0.3 is 9.64 Å². The summed E-state index contributed by atoms with van der Waals surface area (Å²) < 4.78 is 28.7. The SMILES string of the molecule is Cc1ccc(OCC(=O)N2CC3CC2CS3(=O)=O)cc1. The molecule has 1 aromatic carbocycles. The van der Waals surface area contributed by atoms with Gasteiger partial charge in [-0.2, -0.15) is 0 Å². The van der Waals surface area contributed by atoms with E-state index in [-0.39, 0.29) is 29.6 Å². The van der Waals surface area contributed by atoms with Crippen LogP contribution < -0.4 is 4.74 Å². The molecule has 2 bridgehead atoms. The van der Waals surface area contributed by atoms with Crippen molar-refractivity contribution < 1.29 is 17.9 Å². The van der Waals surface area contributed by atoms with Gasteiger partial charge in [0.05, 0.1) is 11.0 Å². The lowest BCUT2D eigenvalue weighted by Gasteiger charge is -2.26. The number of sulfone groups is 1. The van der Waals surface area contributed by atoms with Crippen molar-refractivity contribution in [3.05, 3.63) is 29.8 Å². The van der Waals surface area contributed by atoms with Crippen molar-refractivity contribution >= 4 is 15.7 Å². The lowest BCUT2D eigenvalue weighted by atomic mass is 10.2. The second-order valence-corrected chi connectivity index (χ2v) is 7.81. The molecular weight excluding hydrogens is 278 g/mol. The topological polar surface area (TPSA) is 63.7 Å². The molecule has 1 amide bonds. The second-order valence-electron chi connectivity index (χ2n) is 5.49. The zero-order valence-corrected chi connectivity index (χ0v) is 12.1. The number of aryl methyl sites for hydroxylation is 1. The first kappa shape index (κ1) is 13.4. The van der Waals surface area contributed by atoms with Gasteiger partial charge in [-0.25, -0.2) is 8.42 Å². The maximum Gasteiger partial charge on any atom is 0.260 e. The number of ether oxygens (including phenoxy) is 1. The number of benzene rings is 1. The Morgan fingerprint density at radius 3 is 2.60 bits per heavy atom. The molecule has 0 N–H and O–H groups in total. The smallest absolute Gasteiger partial charge is 0.260 e. The van der Waals surface area contributed by atoms with Gasteiger partial charge in [-0.3, -0.25) is 4.79 Å². The Morgan fingerprint density at radius 2 is 2.05 bits per heavy atom. The summed E-state index contributed by atoms with van der Waals surface area (Å²) in [5.74, 6) is 0.627. The quantitative estimate of drug-likeness (QED) is 0.826. The maximum atomic E-state index is 12.1. The van der Waals surface area contributed by atoms with Crippen LogP contribution in [-0.4, -0.2) is 49.4 Å². The van der Waals surface area contributed by atoms with Crippen molar-refractivity contribution in [2.45, 2.75) is 24.6 Å². The van der Waals surface area contributed by atoms with Crippen LogP contribution in [0.1, 0.15) is 12.0 Å². The highest BCUT2D eigenvalue weighted by Crippen LogP contribution is 2.32. The highest BCUT2D eigenvalue weighted by molar-refractivity contribution is 7.92. The Labute approximate surface area is 118 Å². The largest absolute Gasteiger partial charge is 0.484 e. The molecule has 3 rings (SSSR count). The Morgan fingerprint density at radius 1 is 1.35 bits per heavy atom. The number of fused-ring (bicyclic) bond motifs is 2. The molecule has 2 fully saturated rings. The number of amides is 1. The Kier molecular flexibility index (Phi) is 3.20. The molecule has 2 aliphatic heterocycles. The average Bonchev–Trinajstić information content (AvgIpc) is 2.93. The van der Waals surface area contributed by atoms with Crippen molar-refractivity contribution in [2.75, 3.05) is 18.9 Å². The standard InChI is InChI=1S/C14H17NO4S/c1-10-2-4-12(5-3-10)19-8-14(16)15-7-13-6-11(15)9-20(13,17)18/h2-5,11,13H,6-9H2,1H3. The number of hydrogen-bond donors (Lipinski definition) is 0. The van der Waals surface area contributed by atoms with Crippen LogP contribution in [0.3, 0.4) is 0 Å². The Balaban J connectivity index is 1.58. The van der Waals surface area contributed by atoms with Crippen molar-refractivity contribution in [2.24, 2.45) is 0 Å². The third-order valence-electron chi connectivity index (χ3n) is 4.01. The summed E-state index contributed by atoms with van der Waals surface area (Å²) in [6, 6.07) is 7.33. The van der Waals surface area contributed by atoms with Crippen LogP contribution in [0.15, 0.2) is 24.3 Å². The fraction of sp³-hybridized carbons (Fsp3) is 0.500. The summed E-state index contributed by atoms with van der Waals surface area (Å²) in [5.41, 5.74) is 1.13. The van der Waals surface area contributed by atoms with Crippen LogP contribution in [0.25, 0.3) is 0 Å². The third-order valence-corrected chi connectivity index (χ3v) is 6.22. The predicted octanol–water partition coefficient (Wildman–Crippen LogP) is 0.772. The van der Waals surface area contributed by atoms with Crippen LogP contribution in [0.5, 0.6) is 5.75 Å². The van der Waals surface area contributed by atoms with Crippen LogP contribution in [0.4, 0.5) is 0 Å². The summed E-state index contributed by atoms with van der Waals surface area (Å²) in [6.45, 7) is 2.27. The molecule has 0 radical (unpaired) electrons. The highest BCUT2D eigenvalue weighted by atomic mass is 32.2. The summed E-state index contributed by atoms with van der Waals surface area (Å²) in [4.78, 5) is 13.7. The zero-order valence-electron chi connectivity index (χ0n) is 11.3. The average molecular weight is 295 g/mol. The van der Waals surface area contributed by atoms with Gasteiger partial charge >= 0.3 is 0 Å². The van der Waals surface area contributed by atoms with Gasteiger partial charge in [0.2, 0.25) is 0 Å². The molecule has 2 unspecified atom stereocenters. The van der Waals surface area contributed by atoms with E-state index in [1.54, 1.807) is 4.90 Å². The summed E-state index contributed by atoms with van der Waals surface area (Å²) in [5, 5.41) is -0.365. The van der Waals surface area contributed by atoms with Gasteiger partial charge in [0, 0.05) is 12.6 Å². The normalized spacial score (nSPS) is 26.8. The van der Waals surface area contributed by atoms with Crippen LogP contribution in [0, 0.1) is 6.92 Å². The van der Waals surface area contributed by atoms with Crippen LogP contribution in [-0.2, 0) is 14.6 Å². The molecule has 0 aromatic heterocycles. The van der Waals surface area contributed by atoms with E-state index in [0.29, 0.717) is 18.7 Å². The van der Waals surface area contributed by atoms with Gasteiger partial charge in [0.25, 0.3) is 5.91 Å². The first-order chi connectivity index (χ1) is 9.45. The van der Waals surface area contributed by atoms with E-state index < -0.39 is 9.84 Å². The summed E-state index contributed by atoms with van der Waals surface area (Å²) in [6.07, 6.45) is 0.582. The number of carbonyl (C=O) groups is 1. The molecule has 108 valence electrons. The lowest BCUT2D eigenvalue weighted by molar-refractivity contribution is -0.133. The van der Waals surface area contributed by atoms with Gasteiger partial charge in [0.1, 0.15) is 5.75 Å². The Bertz CT molecular complexity index is 623. The summed E-state index contributed by atoms with van der Waals surface area (Å²) in [7, 11) is -2.96. The van der Waals surface area contributed by atoms with Gasteiger partial charge in [-0.05, 0) is 25.5 Å². The van der Waals surface area contributed by atoms with Crippen molar-refractivity contribution in [1.82, 2.24) is 4.90 Å². The van der Waals surface area contributed by atoms with Crippen molar-refractivity contribution in [1.29, 1.82) is 0 Å². The molecule has 1 aromatic rings. The van der Waals surface area contributed by atoms with Gasteiger partial charge in [-0.15, -0.1) is 0 Å². The number of rotatable bonds is 3.